The van der Waals surface area contributed by atoms with Crippen molar-refractivity contribution >= 4 is 17.9 Å². The highest BCUT2D eigenvalue weighted by atomic mass is 16.4. The third-order valence-corrected chi connectivity index (χ3v) is 2.62. The van der Waals surface area contributed by atoms with Crippen molar-refractivity contribution in [3.05, 3.63) is 35.9 Å². The van der Waals surface area contributed by atoms with Crippen LogP contribution >= 0.6 is 0 Å². The lowest BCUT2D eigenvalue weighted by molar-refractivity contribution is -0.137. The Morgan fingerprint density at radius 1 is 0.952 bits per heavy atom. The summed E-state index contributed by atoms with van der Waals surface area (Å²) in [5, 5.41) is 15.5. The summed E-state index contributed by atoms with van der Waals surface area (Å²) in [5.41, 5.74) is 1.20. The molecule has 0 saturated carbocycles. The number of carboxylic acid groups (broad SMARTS) is 1. The third-order valence-electron chi connectivity index (χ3n) is 2.62. The van der Waals surface area contributed by atoms with Gasteiger partial charge in [0.1, 0.15) is 6.54 Å². The highest BCUT2D eigenvalue weighted by molar-refractivity contribution is 5.86. The molecule has 1 aromatic rings. The highest BCUT2D eigenvalue weighted by Crippen LogP contribution is 2.01. The first-order chi connectivity index (χ1) is 10.1. The molecular formula is C14H19N3O4. The lowest BCUT2D eigenvalue weighted by atomic mass is 10.1. The van der Waals surface area contributed by atoms with Crippen molar-refractivity contribution in [3.8, 4) is 0 Å². The van der Waals surface area contributed by atoms with E-state index in [9.17, 15) is 14.4 Å². The topological polar surface area (TPSA) is 108 Å². The van der Waals surface area contributed by atoms with Gasteiger partial charge in [-0.2, -0.15) is 0 Å². The number of carboxylic acids is 1. The van der Waals surface area contributed by atoms with E-state index in [1.807, 2.05) is 30.3 Å². The maximum Gasteiger partial charge on any atom is 0.322 e. The van der Waals surface area contributed by atoms with Gasteiger partial charge in [-0.25, -0.2) is 4.79 Å². The number of carbonyl (C=O) groups excluding carboxylic acids is 2. The summed E-state index contributed by atoms with van der Waals surface area (Å²) >= 11 is 0. The fraction of sp³-hybridized carbons (Fsp3) is 0.357. The smallest absolute Gasteiger partial charge is 0.322 e. The van der Waals surface area contributed by atoms with Crippen LogP contribution in [0.3, 0.4) is 0 Å². The van der Waals surface area contributed by atoms with Crippen LogP contribution in [0.1, 0.15) is 12.0 Å². The van der Waals surface area contributed by atoms with Gasteiger partial charge in [0.2, 0.25) is 5.91 Å². The largest absolute Gasteiger partial charge is 0.480 e. The molecule has 0 spiro atoms. The van der Waals surface area contributed by atoms with E-state index in [2.05, 4.69) is 16.0 Å². The van der Waals surface area contributed by atoms with Crippen LogP contribution in [0.2, 0.25) is 0 Å². The molecule has 7 nitrogen and oxygen atoms in total. The minimum Gasteiger partial charge on any atom is -0.480 e. The van der Waals surface area contributed by atoms with Gasteiger partial charge in [-0.1, -0.05) is 30.3 Å². The van der Waals surface area contributed by atoms with Crippen LogP contribution in [0, 0.1) is 0 Å². The average molecular weight is 293 g/mol. The SMILES string of the molecule is O=C(O)CNC(=O)CNC(=O)NCCCc1ccccc1. The number of carbonyl (C=O) groups is 3. The molecule has 4 N–H and O–H groups in total. The quantitative estimate of drug-likeness (QED) is 0.511. The molecule has 0 bridgehead atoms. The minimum atomic E-state index is -1.13. The van der Waals surface area contributed by atoms with E-state index in [0.717, 1.165) is 12.8 Å². The van der Waals surface area contributed by atoms with Gasteiger partial charge < -0.3 is 21.1 Å². The fourth-order valence-electron chi connectivity index (χ4n) is 1.60. The zero-order valence-electron chi connectivity index (χ0n) is 11.6. The monoisotopic (exact) mass is 293 g/mol. The molecule has 0 aliphatic rings. The second-order valence-corrected chi connectivity index (χ2v) is 4.37. The van der Waals surface area contributed by atoms with Crippen LogP contribution in [-0.4, -0.2) is 42.6 Å². The van der Waals surface area contributed by atoms with Gasteiger partial charge in [-0.15, -0.1) is 0 Å². The Morgan fingerprint density at radius 2 is 1.67 bits per heavy atom. The van der Waals surface area contributed by atoms with E-state index >= 15 is 0 Å². The van der Waals surface area contributed by atoms with Crippen LogP contribution < -0.4 is 16.0 Å². The molecule has 21 heavy (non-hydrogen) atoms. The van der Waals surface area contributed by atoms with Crippen molar-refractivity contribution < 1.29 is 19.5 Å². The fourth-order valence-corrected chi connectivity index (χ4v) is 1.60. The summed E-state index contributed by atoms with van der Waals surface area (Å²) in [6, 6.07) is 9.47. The molecule has 7 heteroatoms. The minimum absolute atomic E-state index is 0.252. The molecule has 0 heterocycles. The number of nitrogens with one attached hydrogen (secondary N) is 3. The zero-order chi connectivity index (χ0) is 15.5. The first kappa shape index (κ1) is 16.5. The second kappa shape index (κ2) is 9.35. The van der Waals surface area contributed by atoms with Crippen LogP contribution in [0.25, 0.3) is 0 Å². The van der Waals surface area contributed by atoms with Crippen molar-refractivity contribution in [1.82, 2.24) is 16.0 Å². The van der Waals surface area contributed by atoms with Crippen molar-refractivity contribution in [2.24, 2.45) is 0 Å². The predicted molar refractivity (Wildman–Crippen MR) is 76.8 cm³/mol. The van der Waals surface area contributed by atoms with Gasteiger partial charge in [-0.05, 0) is 18.4 Å². The first-order valence-corrected chi connectivity index (χ1v) is 6.62. The number of hydrogen-bond donors (Lipinski definition) is 4. The Kier molecular flexibility index (Phi) is 7.34. The summed E-state index contributed by atoms with van der Waals surface area (Å²) < 4.78 is 0. The van der Waals surface area contributed by atoms with E-state index in [1.54, 1.807) is 0 Å². The molecule has 0 aliphatic heterocycles. The second-order valence-electron chi connectivity index (χ2n) is 4.37. The number of rotatable bonds is 8. The molecule has 0 atom stereocenters. The van der Waals surface area contributed by atoms with E-state index in [0.29, 0.717) is 6.54 Å². The molecule has 0 radical (unpaired) electrons. The maximum absolute atomic E-state index is 11.4. The van der Waals surface area contributed by atoms with Crippen molar-refractivity contribution in [1.29, 1.82) is 0 Å². The summed E-state index contributed by atoms with van der Waals surface area (Å²) in [7, 11) is 0. The van der Waals surface area contributed by atoms with E-state index < -0.39 is 24.5 Å². The van der Waals surface area contributed by atoms with E-state index in [-0.39, 0.29) is 6.54 Å². The molecule has 0 fully saturated rings. The van der Waals surface area contributed by atoms with Gasteiger partial charge in [0.05, 0.1) is 6.54 Å². The standard InChI is InChI=1S/C14H19N3O4/c18-12(16-10-13(19)20)9-17-14(21)15-8-4-7-11-5-2-1-3-6-11/h1-3,5-6H,4,7-10H2,(H,16,18)(H,19,20)(H2,15,17,21). The van der Waals surface area contributed by atoms with Crippen LogP contribution in [-0.2, 0) is 16.0 Å². The Morgan fingerprint density at radius 3 is 2.33 bits per heavy atom. The van der Waals surface area contributed by atoms with Crippen LogP contribution in [0.4, 0.5) is 4.79 Å². The van der Waals surface area contributed by atoms with Gasteiger partial charge in [0.25, 0.3) is 0 Å². The predicted octanol–water partition coefficient (Wildman–Crippen LogP) is 0.119. The van der Waals surface area contributed by atoms with Gasteiger partial charge >= 0.3 is 12.0 Å². The van der Waals surface area contributed by atoms with Crippen molar-refractivity contribution in [2.45, 2.75) is 12.8 Å². The number of hydrogen-bond acceptors (Lipinski definition) is 3. The molecule has 114 valence electrons. The van der Waals surface area contributed by atoms with Crippen LogP contribution in [0.5, 0.6) is 0 Å². The number of urea groups is 1. The van der Waals surface area contributed by atoms with Gasteiger partial charge in [0.15, 0.2) is 0 Å². The Bertz CT molecular complexity index is 476. The average Bonchev–Trinajstić information content (AvgIpc) is 2.48. The Balaban J connectivity index is 2.06. The molecule has 0 unspecified atom stereocenters. The normalized spacial score (nSPS) is 9.71. The number of aliphatic carboxylic acids is 1. The Labute approximate surface area is 122 Å². The van der Waals surface area contributed by atoms with Crippen LogP contribution in [0.15, 0.2) is 30.3 Å². The molecule has 0 aromatic heterocycles. The lowest BCUT2D eigenvalue weighted by Crippen LogP contribution is -2.43. The number of benzene rings is 1. The van der Waals surface area contributed by atoms with Gasteiger partial charge in [0, 0.05) is 6.54 Å². The maximum atomic E-state index is 11.4. The first-order valence-electron chi connectivity index (χ1n) is 6.62. The third kappa shape index (κ3) is 8.25. The highest BCUT2D eigenvalue weighted by Gasteiger charge is 2.05. The molecule has 3 amide bonds. The summed E-state index contributed by atoms with van der Waals surface area (Å²) in [6.45, 7) is -0.214. The zero-order valence-corrected chi connectivity index (χ0v) is 11.6. The molecular weight excluding hydrogens is 274 g/mol. The van der Waals surface area contributed by atoms with Crippen molar-refractivity contribution in [3.63, 3.8) is 0 Å². The Hall–Kier alpha value is -2.57. The summed E-state index contributed by atoms with van der Waals surface area (Å²) in [6.07, 6.45) is 1.66. The number of amides is 3. The van der Waals surface area contributed by atoms with Gasteiger partial charge in [-0.3, -0.25) is 9.59 Å². The molecule has 0 saturated heterocycles. The lowest BCUT2D eigenvalue weighted by Gasteiger charge is -2.07. The molecule has 0 aliphatic carbocycles. The summed E-state index contributed by atoms with van der Waals surface area (Å²) in [4.78, 5) is 32.7. The summed E-state index contributed by atoms with van der Waals surface area (Å²) in [5.74, 6) is -1.68. The molecule has 1 aromatic carbocycles. The molecule has 1 rings (SSSR count). The van der Waals surface area contributed by atoms with E-state index in [1.165, 1.54) is 5.56 Å². The number of aryl methyl sites for hydroxylation is 1. The van der Waals surface area contributed by atoms with E-state index in [4.69, 9.17) is 5.11 Å². The van der Waals surface area contributed by atoms with Crippen molar-refractivity contribution in [2.75, 3.05) is 19.6 Å².